The lowest BCUT2D eigenvalue weighted by Gasteiger charge is -2.30. The molecule has 2 atom stereocenters. The Morgan fingerprint density at radius 1 is 1.20 bits per heavy atom. The molecule has 2 aliphatic rings. The van der Waals surface area contributed by atoms with E-state index in [0.29, 0.717) is 18.1 Å². The molecule has 0 bridgehead atoms. The molecule has 3 rings (SSSR count). The molecule has 1 saturated carbocycles. The minimum atomic E-state index is -0.386. The quantitative estimate of drug-likeness (QED) is 0.830. The average molecular weight is 343 g/mol. The lowest BCUT2D eigenvalue weighted by molar-refractivity contribution is -0.120. The van der Waals surface area contributed by atoms with E-state index >= 15 is 0 Å². The molecule has 2 amide bonds. The monoisotopic (exact) mass is 343 g/mol. The summed E-state index contributed by atoms with van der Waals surface area (Å²) in [4.78, 5) is 29.4. The van der Waals surface area contributed by atoms with E-state index in [1.165, 1.54) is 6.42 Å². The number of nitrogens with one attached hydrogen (secondary N) is 1. The van der Waals surface area contributed by atoms with Gasteiger partial charge in [0, 0.05) is 18.9 Å². The van der Waals surface area contributed by atoms with Gasteiger partial charge in [-0.25, -0.2) is 0 Å². The maximum atomic E-state index is 12.6. The third kappa shape index (κ3) is 4.59. The number of oxime groups is 1. The number of hydrogen-bond donors (Lipinski definition) is 2. The van der Waals surface area contributed by atoms with Crippen LogP contribution in [-0.4, -0.2) is 23.6 Å². The van der Waals surface area contributed by atoms with Crippen molar-refractivity contribution in [2.24, 2.45) is 16.8 Å². The summed E-state index contributed by atoms with van der Waals surface area (Å²) in [6.45, 7) is 0. The first-order valence-corrected chi connectivity index (χ1v) is 9.00. The van der Waals surface area contributed by atoms with Gasteiger partial charge in [-0.15, -0.1) is 0 Å². The number of rotatable bonds is 6. The summed E-state index contributed by atoms with van der Waals surface area (Å²) < 4.78 is 0. The molecule has 0 aromatic heterocycles. The Labute approximate surface area is 147 Å². The van der Waals surface area contributed by atoms with Crippen LogP contribution >= 0.6 is 0 Å². The van der Waals surface area contributed by atoms with E-state index in [0.717, 1.165) is 31.2 Å². The summed E-state index contributed by atoms with van der Waals surface area (Å²) in [6, 6.07) is 9.50. The molecule has 134 valence electrons. The highest BCUT2D eigenvalue weighted by Crippen LogP contribution is 2.29. The minimum Gasteiger partial charge on any atom is -0.387 e. The predicted molar refractivity (Wildman–Crippen MR) is 94.6 cm³/mol. The zero-order valence-corrected chi connectivity index (χ0v) is 14.3. The Bertz CT molecular complexity index is 639. The van der Waals surface area contributed by atoms with Crippen LogP contribution in [-0.2, 0) is 14.4 Å². The molecule has 1 heterocycles. The zero-order valence-electron chi connectivity index (χ0n) is 14.3. The fourth-order valence-electron chi connectivity index (χ4n) is 3.70. The third-order valence-corrected chi connectivity index (χ3v) is 5.06. The number of hydrogen-bond acceptors (Lipinski definition) is 4. The minimum absolute atomic E-state index is 0.173. The van der Waals surface area contributed by atoms with Crippen LogP contribution in [0.15, 0.2) is 35.5 Å². The van der Waals surface area contributed by atoms with Gasteiger partial charge in [-0.05, 0) is 24.3 Å². The third-order valence-electron chi connectivity index (χ3n) is 5.06. The normalized spacial score (nSPS) is 21.9. The number of carbonyl (C=O) groups is 2. The van der Waals surface area contributed by atoms with Gasteiger partial charge in [-0.1, -0.05) is 54.8 Å². The molecular weight excluding hydrogens is 318 g/mol. The summed E-state index contributed by atoms with van der Waals surface area (Å²) in [7, 11) is 0. The highest BCUT2D eigenvalue weighted by atomic mass is 16.6. The van der Waals surface area contributed by atoms with Gasteiger partial charge in [-0.3, -0.25) is 9.59 Å². The molecule has 6 heteroatoms. The Morgan fingerprint density at radius 3 is 2.60 bits per heavy atom. The number of primary amides is 1. The van der Waals surface area contributed by atoms with E-state index in [4.69, 9.17) is 10.6 Å². The molecule has 0 unspecified atom stereocenters. The predicted octanol–water partition coefficient (Wildman–Crippen LogP) is 2.44. The second-order valence-corrected chi connectivity index (χ2v) is 6.90. The fraction of sp³-hybridized carbons (Fsp3) is 0.526. The van der Waals surface area contributed by atoms with Crippen molar-refractivity contribution in [1.82, 2.24) is 5.32 Å². The first-order valence-electron chi connectivity index (χ1n) is 9.00. The summed E-state index contributed by atoms with van der Waals surface area (Å²) in [6.07, 6.45) is 5.91. The van der Waals surface area contributed by atoms with Crippen LogP contribution in [0.25, 0.3) is 0 Å². The first kappa shape index (κ1) is 17.5. The first-order chi connectivity index (χ1) is 12.1. The van der Waals surface area contributed by atoms with E-state index in [-0.39, 0.29) is 30.4 Å². The number of amides is 2. The second-order valence-electron chi connectivity index (χ2n) is 6.90. The van der Waals surface area contributed by atoms with Gasteiger partial charge in [0.15, 0.2) is 6.10 Å². The molecule has 25 heavy (non-hydrogen) atoms. The lowest BCUT2D eigenvalue weighted by atomic mass is 9.82. The molecule has 1 aromatic carbocycles. The molecule has 0 spiro atoms. The smallest absolute Gasteiger partial charge is 0.269 e. The highest BCUT2D eigenvalue weighted by molar-refractivity contribution is 6.39. The van der Waals surface area contributed by atoms with Gasteiger partial charge >= 0.3 is 0 Å². The van der Waals surface area contributed by atoms with Crippen LogP contribution in [0.3, 0.4) is 0 Å². The Hall–Kier alpha value is -2.37. The van der Waals surface area contributed by atoms with Crippen molar-refractivity contribution in [3.8, 4) is 0 Å². The molecule has 6 nitrogen and oxygen atoms in total. The summed E-state index contributed by atoms with van der Waals surface area (Å²) in [5, 5.41) is 6.94. The average Bonchev–Trinajstić information content (AvgIpc) is 3.12. The molecule has 1 aromatic rings. The van der Waals surface area contributed by atoms with E-state index < -0.39 is 0 Å². The van der Waals surface area contributed by atoms with E-state index in [1.54, 1.807) is 0 Å². The number of nitrogens with two attached hydrogens (primary N) is 1. The maximum absolute atomic E-state index is 12.6. The van der Waals surface area contributed by atoms with E-state index in [9.17, 15) is 9.59 Å². The Kier molecular flexibility index (Phi) is 5.68. The van der Waals surface area contributed by atoms with Crippen LogP contribution in [0.4, 0.5) is 0 Å². The van der Waals surface area contributed by atoms with Crippen LogP contribution in [0, 0.1) is 5.92 Å². The van der Waals surface area contributed by atoms with Gasteiger partial charge in [-0.2, -0.15) is 0 Å². The van der Waals surface area contributed by atoms with Crippen LogP contribution in [0.2, 0.25) is 0 Å². The molecular formula is C19H25N3O3. The van der Waals surface area contributed by atoms with Crippen LogP contribution in [0.5, 0.6) is 0 Å². The summed E-state index contributed by atoms with van der Waals surface area (Å²) in [5.74, 6) is -0.337. The van der Waals surface area contributed by atoms with Crippen molar-refractivity contribution >= 4 is 17.5 Å². The molecule has 3 N–H and O–H groups in total. The van der Waals surface area contributed by atoms with E-state index in [2.05, 4.69) is 10.5 Å². The lowest BCUT2D eigenvalue weighted by Crippen LogP contribution is -2.45. The SMILES string of the molecule is NC(=O)C[C@H](NC(=O)C1=NO[C@H](c2ccccc2)C1)C1CCCCC1. The molecule has 0 radical (unpaired) electrons. The van der Waals surface area contributed by atoms with Gasteiger partial charge < -0.3 is 15.9 Å². The number of nitrogens with zero attached hydrogens (tertiary/aromatic N) is 1. The van der Waals surface area contributed by atoms with Crippen molar-refractivity contribution < 1.29 is 14.4 Å². The molecule has 1 aliphatic heterocycles. The van der Waals surface area contributed by atoms with Crippen molar-refractivity contribution in [1.29, 1.82) is 0 Å². The van der Waals surface area contributed by atoms with Crippen LogP contribution in [0.1, 0.15) is 56.6 Å². The molecule has 0 saturated heterocycles. The topological polar surface area (TPSA) is 93.8 Å². The molecule has 1 fully saturated rings. The standard InChI is InChI=1S/C19H25N3O3/c20-18(23)12-15(13-7-3-1-4-8-13)21-19(24)16-11-17(25-22-16)14-9-5-2-6-10-14/h2,5-6,9-10,13,15,17H,1,3-4,7-8,11-12H2,(H2,20,23)(H,21,24)/t15-,17-/m0/s1. The summed E-state index contributed by atoms with van der Waals surface area (Å²) >= 11 is 0. The number of carbonyl (C=O) groups excluding carboxylic acids is 2. The van der Waals surface area contributed by atoms with Crippen LogP contribution < -0.4 is 11.1 Å². The second kappa shape index (κ2) is 8.14. The largest absolute Gasteiger partial charge is 0.387 e. The van der Waals surface area contributed by atoms with Gasteiger partial charge in [0.25, 0.3) is 5.91 Å². The van der Waals surface area contributed by atoms with Gasteiger partial charge in [0.05, 0.1) is 0 Å². The van der Waals surface area contributed by atoms with Crippen molar-refractivity contribution in [2.45, 2.75) is 57.1 Å². The number of benzene rings is 1. The Morgan fingerprint density at radius 2 is 1.92 bits per heavy atom. The van der Waals surface area contributed by atoms with E-state index in [1.807, 2.05) is 30.3 Å². The van der Waals surface area contributed by atoms with Crippen molar-refractivity contribution in [3.63, 3.8) is 0 Å². The zero-order chi connectivity index (χ0) is 17.6. The summed E-state index contributed by atoms with van der Waals surface area (Å²) in [5.41, 5.74) is 6.75. The fourth-order valence-corrected chi connectivity index (χ4v) is 3.70. The Balaban J connectivity index is 1.60. The van der Waals surface area contributed by atoms with Crippen molar-refractivity contribution in [2.75, 3.05) is 0 Å². The van der Waals surface area contributed by atoms with Crippen molar-refractivity contribution in [3.05, 3.63) is 35.9 Å². The van der Waals surface area contributed by atoms with Gasteiger partial charge in [0.2, 0.25) is 5.91 Å². The highest BCUT2D eigenvalue weighted by Gasteiger charge is 2.31. The maximum Gasteiger partial charge on any atom is 0.269 e. The molecule has 1 aliphatic carbocycles. The van der Waals surface area contributed by atoms with Gasteiger partial charge in [0.1, 0.15) is 5.71 Å².